The van der Waals surface area contributed by atoms with E-state index in [1.807, 2.05) is 48.7 Å². The second kappa shape index (κ2) is 12.5. The Morgan fingerprint density at radius 1 is 1.05 bits per heavy atom. The molecule has 10 nitrogen and oxygen atoms in total. The number of aryl methyl sites for hydroxylation is 1. The molecule has 2 N–H and O–H groups in total. The van der Waals surface area contributed by atoms with E-state index in [2.05, 4.69) is 45.7 Å². The summed E-state index contributed by atoms with van der Waals surface area (Å²) in [5.74, 6) is 0.417. The topological polar surface area (TPSA) is 123 Å². The van der Waals surface area contributed by atoms with E-state index >= 15 is 0 Å². The van der Waals surface area contributed by atoms with Crippen LogP contribution in [0.4, 0.5) is 0 Å². The standard InChI is InChI=1S/C34H40N6O4/c1-4-10-30-28(16-22-13-14-26(23-11-8-7-9-12-23)27(15-22)29-19-31(41)38-37-29)32(42)39(33-35-21-36-40(30)33)24-17-25(18-24)44-20-34(43,5-2)6-3/h7-9,11-15,21,24-25,43H,4-6,10,16-20H2,1-3H3,(H,38,41). The van der Waals surface area contributed by atoms with Crippen molar-refractivity contribution in [3.05, 3.63) is 87.6 Å². The van der Waals surface area contributed by atoms with Crippen LogP contribution in [0.3, 0.4) is 0 Å². The predicted octanol–water partition coefficient (Wildman–Crippen LogP) is 4.60. The smallest absolute Gasteiger partial charge is 0.259 e. The van der Waals surface area contributed by atoms with Gasteiger partial charge in [0.05, 0.1) is 36.1 Å². The van der Waals surface area contributed by atoms with Gasteiger partial charge in [0.15, 0.2) is 0 Å². The number of amides is 1. The molecule has 10 heteroatoms. The lowest BCUT2D eigenvalue weighted by molar-refractivity contribution is -0.119. The van der Waals surface area contributed by atoms with Crippen LogP contribution in [0.15, 0.2) is 64.8 Å². The number of benzene rings is 2. The van der Waals surface area contributed by atoms with Crippen LogP contribution in [0.1, 0.15) is 87.7 Å². The van der Waals surface area contributed by atoms with Gasteiger partial charge in [0.25, 0.3) is 5.56 Å². The molecule has 0 bridgehead atoms. The lowest BCUT2D eigenvalue weighted by atomic mass is 9.88. The summed E-state index contributed by atoms with van der Waals surface area (Å²) in [4.78, 5) is 30.9. The quantitative estimate of drug-likeness (QED) is 0.247. The van der Waals surface area contributed by atoms with E-state index in [1.54, 1.807) is 4.57 Å². The highest BCUT2D eigenvalue weighted by Gasteiger charge is 2.36. The Labute approximate surface area is 256 Å². The monoisotopic (exact) mass is 596 g/mol. The Bertz CT molecular complexity index is 1750. The van der Waals surface area contributed by atoms with E-state index in [1.165, 1.54) is 6.33 Å². The summed E-state index contributed by atoms with van der Waals surface area (Å²) >= 11 is 0. The molecule has 3 heterocycles. The number of aromatic nitrogens is 4. The number of nitrogens with one attached hydrogen (secondary N) is 1. The Balaban J connectivity index is 1.35. The first-order chi connectivity index (χ1) is 21.3. The molecule has 1 aliphatic carbocycles. The highest BCUT2D eigenvalue weighted by molar-refractivity contribution is 6.16. The van der Waals surface area contributed by atoms with Crippen molar-refractivity contribution in [2.45, 2.75) is 89.9 Å². The van der Waals surface area contributed by atoms with Crippen LogP contribution in [-0.2, 0) is 22.4 Å². The minimum absolute atomic E-state index is 0.0186. The van der Waals surface area contributed by atoms with Gasteiger partial charge >= 0.3 is 0 Å². The zero-order chi connectivity index (χ0) is 30.8. The molecule has 1 amide bonds. The average Bonchev–Trinajstić information content (AvgIpc) is 3.69. The first-order valence-electron chi connectivity index (χ1n) is 15.7. The van der Waals surface area contributed by atoms with Gasteiger partial charge in [0.1, 0.15) is 6.33 Å². The molecule has 6 rings (SSSR count). The minimum Gasteiger partial charge on any atom is -0.388 e. The fraction of sp³-hybridized carbons (Fsp3) is 0.441. The summed E-state index contributed by atoms with van der Waals surface area (Å²) in [7, 11) is 0. The van der Waals surface area contributed by atoms with Crippen molar-refractivity contribution >= 4 is 17.4 Å². The molecule has 0 unspecified atom stereocenters. The molecule has 1 fully saturated rings. The third-order valence-corrected chi connectivity index (χ3v) is 9.16. The molecular weight excluding hydrogens is 556 g/mol. The summed E-state index contributed by atoms with van der Waals surface area (Å²) in [6.45, 7) is 6.32. The van der Waals surface area contributed by atoms with Gasteiger partial charge in [-0.3, -0.25) is 14.2 Å². The van der Waals surface area contributed by atoms with Crippen LogP contribution < -0.4 is 11.0 Å². The number of fused-ring (bicyclic) bond motifs is 1. The summed E-state index contributed by atoms with van der Waals surface area (Å²) in [5, 5.41) is 19.5. The molecule has 2 aromatic heterocycles. The SMILES string of the molecule is CCCc1c(Cc2ccc(-c3ccccc3)c(C3=NNC(=O)C3)c2)c(=O)n(C2CC(OCC(O)(CC)CC)C2)c2ncnn12. The Morgan fingerprint density at radius 2 is 1.82 bits per heavy atom. The van der Waals surface area contributed by atoms with E-state index < -0.39 is 5.60 Å². The Morgan fingerprint density at radius 3 is 2.50 bits per heavy atom. The average molecular weight is 597 g/mol. The van der Waals surface area contributed by atoms with Crippen LogP contribution in [-0.4, -0.2) is 54.2 Å². The zero-order valence-corrected chi connectivity index (χ0v) is 25.6. The maximum atomic E-state index is 14.3. The first-order valence-corrected chi connectivity index (χ1v) is 15.7. The number of hydrogen-bond donors (Lipinski definition) is 2. The molecule has 2 aliphatic rings. The molecule has 1 aliphatic heterocycles. The fourth-order valence-electron chi connectivity index (χ4n) is 6.22. The third-order valence-electron chi connectivity index (χ3n) is 9.16. The maximum absolute atomic E-state index is 14.3. The number of nitrogens with zero attached hydrogens (tertiary/aromatic N) is 5. The Hall–Kier alpha value is -4.15. The summed E-state index contributed by atoms with van der Waals surface area (Å²) < 4.78 is 9.68. The van der Waals surface area contributed by atoms with Crippen LogP contribution in [0.2, 0.25) is 0 Å². The van der Waals surface area contributed by atoms with E-state index in [0.29, 0.717) is 62.2 Å². The highest BCUT2D eigenvalue weighted by Crippen LogP contribution is 2.36. The van der Waals surface area contributed by atoms with Gasteiger partial charge in [-0.25, -0.2) is 9.94 Å². The van der Waals surface area contributed by atoms with E-state index in [4.69, 9.17) is 4.74 Å². The van der Waals surface area contributed by atoms with Crippen molar-refractivity contribution in [1.82, 2.24) is 24.6 Å². The number of hydrazone groups is 1. The van der Waals surface area contributed by atoms with Crippen molar-refractivity contribution in [2.75, 3.05) is 6.61 Å². The highest BCUT2D eigenvalue weighted by atomic mass is 16.5. The van der Waals surface area contributed by atoms with Crippen molar-refractivity contribution in [3.8, 4) is 11.1 Å². The lowest BCUT2D eigenvalue weighted by Gasteiger charge is -2.38. The molecule has 1 saturated carbocycles. The second-order valence-electron chi connectivity index (χ2n) is 12.0. The summed E-state index contributed by atoms with van der Waals surface area (Å²) in [6, 6.07) is 16.1. The van der Waals surface area contributed by atoms with Crippen molar-refractivity contribution in [3.63, 3.8) is 0 Å². The predicted molar refractivity (Wildman–Crippen MR) is 169 cm³/mol. The van der Waals surface area contributed by atoms with E-state index in [-0.39, 0.29) is 30.0 Å². The maximum Gasteiger partial charge on any atom is 0.259 e. The summed E-state index contributed by atoms with van der Waals surface area (Å²) in [6.07, 6.45) is 6.28. The van der Waals surface area contributed by atoms with Crippen LogP contribution in [0.5, 0.6) is 0 Å². The molecule has 0 saturated heterocycles. The Kier molecular flexibility index (Phi) is 8.46. The van der Waals surface area contributed by atoms with Crippen LogP contribution in [0, 0.1) is 0 Å². The molecule has 2 aromatic carbocycles. The molecule has 44 heavy (non-hydrogen) atoms. The van der Waals surface area contributed by atoms with Crippen LogP contribution in [0.25, 0.3) is 16.9 Å². The number of ether oxygens (including phenoxy) is 1. The number of carbonyl (C=O) groups excluding carboxylic acids is 1. The van der Waals surface area contributed by atoms with Crippen LogP contribution >= 0.6 is 0 Å². The molecule has 0 atom stereocenters. The van der Waals surface area contributed by atoms with Gasteiger partial charge in [0.2, 0.25) is 11.7 Å². The van der Waals surface area contributed by atoms with Gasteiger partial charge in [-0.05, 0) is 54.9 Å². The molecule has 4 aromatic rings. The lowest BCUT2D eigenvalue weighted by Crippen LogP contribution is -2.43. The van der Waals surface area contributed by atoms with Crippen molar-refractivity contribution in [1.29, 1.82) is 0 Å². The van der Waals surface area contributed by atoms with Gasteiger partial charge in [-0.1, -0.05) is 69.7 Å². The number of aliphatic hydroxyl groups is 1. The van der Waals surface area contributed by atoms with E-state index in [0.717, 1.165) is 34.4 Å². The normalized spacial score (nSPS) is 18.4. The first kappa shape index (κ1) is 29.9. The second-order valence-corrected chi connectivity index (χ2v) is 12.0. The molecule has 230 valence electrons. The molecular formula is C34H40N6O4. The zero-order valence-electron chi connectivity index (χ0n) is 25.6. The van der Waals surface area contributed by atoms with Crippen molar-refractivity contribution < 1.29 is 14.6 Å². The van der Waals surface area contributed by atoms with Gasteiger partial charge in [-0.15, -0.1) is 0 Å². The molecule has 0 spiro atoms. The van der Waals surface area contributed by atoms with Crippen molar-refractivity contribution in [2.24, 2.45) is 5.10 Å². The third kappa shape index (κ3) is 5.71. The van der Waals surface area contributed by atoms with E-state index in [9.17, 15) is 14.7 Å². The summed E-state index contributed by atoms with van der Waals surface area (Å²) in [5.41, 5.74) is 7.81. The number of carbonyl (C=O) groups is 1. The minimum atomic E-state index is -0.820. The number of rotatable bonds is 12. The number of hydrogen-bond acceptors (Lipinski definition) is 7. The van der Waals surface area contributed by atoms with Gasteiger partial charge < -0.3 is 9.84 Å². The fourth-order valence-corrected chi connectivity index (χ4v) is 6.22. The molecule has 0 radical (unpaired) electrons. The van der Waals surface area contributed by atoms with Gasteiger partial charge in [0, 0.05) is 23.6 Å². The van der Waals surface area contributed by atoms with Gasteiger partial charge in [-0.2, -0.15) is 15.2 Å². The largest absolute Gasteiger partial charge is 0.388 e.